The van der Waals surface area contributed by atoms with E-state index in [1.807, 2.05) is 24.3 Å². The summed E-state index contributed by atoms with van der Waals surface area (Å²) < 4.78 is 5.40. The van der Waals surface area contributed by atoms with Gasteiger partial charge in [-0.05, 0) is 25.0 Å². The molecule has 0 aliphatic carbocycles. The van der Waals surface area contributed by atoms with Crippen LogP contribution in [0.1, 0.15) is 18.9 Å². The van der Waals surface area contributed by atoms with Gasteiger partial charge >= 0.3 is 0 Å². The Hall–Kier alpha value is -2.10. The van der Waals surface area contributed by atoms with Gasteiger partial charge in [0.15, 0.2) is 0 Å². The zero-order valence-corrected chi connectivity index (χ0v) is 10.2. The van der Waals surface area contributed by atoms with E-state index in [2.05, 4.69) is 5.32 Å². The summed E-state index contributed by atoms with van der Waals surface area (Å²) in [5.74, 6) is -0.350. The number of Topliss-reactive ketones (excluding diaryl/α,β-unsaturated/α-hetero) is 1. The number of carbonyl (C=O) groups excluding carboxylic acids is 2. The van der Waals surface area contributed by atoms with E-state index >= 15 is 0 Å². The smallest absolute Gasteiger partial charge is 0.227 e. The average molecular weight is 245 g/mol. The lowest BCUT2D eigenvalue weighted by atomic mass is 10.1. The highest BCUT2D eigenvalue weighted by atomic mass is 16.3. The monoisotopic (exact) mass is 245 g/mol. The number of fused-ring (bicyclic) bond motifs is 1. The molecular weight excluding hydrogens is 230 g/mol. The fraction of sp³-hybridized carbons (Fsp3) is 0.286. The average Bonchev–Trinajstić information content (AvgIpc) is 2.72. The highest BCUT2D eigenvalue weighted by Crippen LogP contribution is 2.20. The Labute approximate surface area is 105 Å². The van der Waals surface area contributed by atoms with Crippen LogP contribution in [0.15, 0.2) is 34.9 Å². The van der Waals surface area contributed by atoms with Gasteiger partial charge in [0.2, 0.25) is 5.91 Å². The molecule has 1 aromatic heterocycles. The zero-order valence-electron chi connectivity index (χ0n) is 10.2. The van der Waals surface area contributed by atoms with E-state index in [4.69, 9.17) is 4.42 Å². The summed E-state index contributed by atoms with van der Waals surface area (Å²) in [4.78, 5) is 22.0. The molecule has 94 valence electrons. The minimum Gasteiger partial charge on any atom is -0.464 e. The Balaban J connectivity index is 1.91. The summed E-state index contributed by atoms with van der Waals surface area (Å²) in [7, 11) is 0. The topological polar surface area (TPSA) is 59.3 Å². The highest BCUT2D eigenvalue weighted by molar-refractivity contribution is 5.96. The first-order valence-electron chi connectivity index (χ1n) is 5.88. The van der Waals surface area contributed by atoms with Crippen molar-refractivity contribution in [2.24, 2.45) is 0 Å². The number of hydrogen-bond donors (Lipinski definition) is 1. The first-order valence-corrected chi connectivity index (χ1v) is 5.88. The Bertz CT molecular complexity index is 571. The minimum atomic E-state index is -0.227. The van der Waals surface area contributed by atoms with Crippen molar-refractivity contribution >= 4 is 22.7 Å². The molecule has 0 unspecified atom stereocenters. The zero-order chi connectivity index (χ0) is 13.0. The predicted octanol–water partition coefficient (Wildman–Crippen LogP) is 2.07. The molecule has 0 spiro atoms. The van der Waals surface area contributed by atoms with E-state index in [0.717, 1.165) is 16.5 Å². The Morgan fingerprint density at radius 1 is 1.28 bits per heavy atom. The van der Waals surface area contributed by atoms with Crippen molar-refractivity contribution in [3.8, 4) is 0 Å². The van der Waals surface area contributed by atoms with Gasteiger partial charge in [0.1, 0.15) is 11.4 Å². The maximum Gasteiger partial charge on any atom is 0.227 e. The Kier molecular flexibility index (Phi) is 3.77. The number of carbonyl (C=O) groups is 2. The standard InChI is InChI=1S/C14H15NO3/c1-10(16)8-14(17)15-7-6-11-9-18-13-5-3-2-4-12(11)13/h2-5,9H,6-8H2,1H3,(H,15,17). The summed E-state index contributed by atoms with van der Waals surface area (Å²) in [6.07, 6.45) is 2.36. The molecular formula is C14H15NO3. The summed E-state index contributed by atoms with van der Waals surface area (Å²) in [6.45, 7) is 1.92. The molecule has 18 heavy (non-hydrogen) atoms. The molecule has 0 bridgehead atoms. The lowest BCUT2D eigenvalue weighted by Crippen LogP contribution is -2.27. The molecule has 0 saturated heterocycles. The van der Waals surface area contributed by atoms with Crippen LogP contribution in [0, 0.1) is 0 Å². The second-order valence-electron chi connectivity index (χ2n) is 4.24. The van der Waals surface area contributed by atoms with E-state index in [1.54, 1.807) is 6.26 Å². The summed E-state index contributed by atoms with van der Waals surface area (Å²) in [5, 5.41) is 3.78. The second-order valence-corrected chi connectivity index (χ2v) is 4.24. The largest absolute Gasteiger partial charge is 0.464 e. The molecule has 2 aromatic rings. The van der Waals surface area contributed by atoms with Crippen LogP contribution < -0.4 is 5.32 Å². The number of ketones is 1. The van der Waals surface area contributed by atoms with E-state index in [-0.39, 0.29) is 18.1 Å². The van der Waals surface area contributed by atoms with Crippen LogP contribution in [-0.4, -0.2) is 18.2 Å². The molecule has 0 atom stereocenters. The van der Waals surface area contributed by atoms with Gasteiger partial charge < -0.3 is 9.73 Å². The SMILES string of the molecule is CC(=O)CC(=O)NCCc1coc2ccccc12. The third-order valence-corrected chi connectivity index (χ3v) is 2.69. The van der Waals surface area contributed by atoms with Crippen molar-refractivity contribution in [1.29, 1.82) is 0 Å². The molecule has 0 aliphatic rings. The second kappa shape index (κ2) is 5.49. The van der Waals surface area contributed by atoms with Crippen LogP contribution in [0.4, 0.5) is 0 Å². The molecule has 4 nitrogen and oxygen atoms in total. The molecule has 1 N–H and O–H groups in total. The Morgan fingerprint density at radius 3 is 2.83 bits per heavy atom. The maximum atomic E-state index is 11.3. The first kappa shape index (κ1) is 12.4. The predicted molar refractivity (Wildman–Crippen MR) is 68.2 cm³/mol. The molecule has 2 rings (SSSR count). The van der Waals surface area contributed by atoms with Crippen molar-refractivity contribution in [3.63, 3.8) is 0 Å². The van der Waals surface area contributed by atoms with Crippen LogP contribution in [0.25, 0.3) is 11.0 Å². The molecule has 1 aromatic carbocycles. The van der Waals surface area contributed by atoms with Gasteiger partial charge in [0.05, 0.1) is 12.7 Å². The molecule has 4 heteroatoms. The molecule has 0 radical (unpaired) electrons. The lowest BCUT2D eigenvalue weighted by Gasteiger charge is -2.02. The highest BCUT2D eigenvalue weighted by Gasteiger charge is 2.07. The number of benzene rings is 1. The van der Waals surface area contributed by atoms with Gasteiger partial charge in [-0.25, -0.2) is 0 Å². The molecule has 0 fully saturated rings. The van der Waals surface area contributed by atoms with Crippen LogP contribution in [0.2, 0.25) is 0 Å². The third kappa shape index (κ3) is 2.97. The number of para-hydroxylation sites is 1. The molecule has 1 heterocycles. The van der Waals surface area contributed by atoms with E-state index in [9.17, 15) is 9.59 Å². The number of amides is 1. The number of hydrogen-bond acceptors (Lipinski definition) is 3. The molecule has 1 amide bonds. The van der Waals surface area contributed by atoms with Crippen molar-refractivity contribution in [3.05, 3.63) is 36.1 Å². The number of nitrogens with one attached hydrogen (secondary N) is 1. The van der Waals surface area contributed by atoms with Crippen LogP contribution in [0.3, 0.4) is 0 Å². The van der Waals surface area contributed by atoms with Gasteiger partial charge in [-0.15, -0.1) is 0 Å². The quantitative estimate of drug-likeness (QED) is 0.820. The number of furan rings is 1. The summed E-state index contributed by atoms with van der Waals surface area (Å²) in [6, 6.07) is 7.78. The van der Waals surface area contributed by atoms with Crippen LogP contribution >= 0.6 is 0 Å². The maximum absolute atomic E-state index is 11.3. The van der Waals surface area contributed by atoms with Crippen molar-refractivity contribution in [2.45, 2.75) is 19.8 Å². The van der Waals surface area contributed by atoms with Crippen molar-refractivity contribution < 1.29 is 14.0 Å². The number of rotatable bonds is 5. The summed E-state index contributed by atoms with van der Waals surface area (Å²) in [5.41, 5.74) is 1.91. The van der Waals surface area contributed by atoms with Gasteiger partial charge in [0, 0.05) is 11.9 Å². The molecule has 0 saturated carbocycles. The van der Waals surface area contributed by atoms with Crippen LogP contribution in [-0.2, 0) is 16.0 Å². The first-order chi connectivity index (χ1) is 8.66. The van der Waals surface area contributed by atoms with Crippen molar-refractivity contribution in [1.82, 2.24) is 5.32 Å². The minimum absolute atomic E-state index is 0.0495. The van der Waals surface area contributed by atoms with E-state index in [1.165, 1.54) is 6.92 Å². The van der Waals surface area contributed by atoms with Gasteiger partial charge in [-0.1, -0.05) is 18.2 Å². The molecule has 0 aliphatic heterocycles. The fourth-order valence-electron chi connectivity index (χ4n) is 1.85. The van der Waals surface area contributed by atoms with Gasteiger partial charge in [0.25, 0.3) is 0 Å². The van der Waals surface area contributed by atoms with Crippen molar-refractivity contribution in [2.75, 3.05) is 6.54 Å². The van der Waals surface area contributed by atoms with E-state index < -0.39 is 0 Å². The van der Waals surface area contributed by atoms with E-state index in [0.29, 0.717) is 13.0 Å². The van der Waals surface area contributed by atoms with Gasteiger partial charge in [-0.3, -0.25) is 9.59 Å². The van der Waals surface area contributed by atoms with Crippen LogP contribution in [0.5, 0.6) is 0 Å². The fourth-order valence-corrected chi connectivity index (χ4v) is 1.85. The lowest BCUT2D eigenvalue weighted by molar-refractivity contribution is -0.127. The van der Waals surface area contributed by atoms with Gasteiger partial charge in [-0.2, -0.15) is 0 Å². The Morgan fingerprint density at radius 2 is 2.06 bits per heavy atom. The summed E-state index contributed by atoms with van der Waals surface area (Å²) >= 11 is 0. The third-order valence-electron chi connectivity index (χ3n) is 2.69. The normalized spacial score (nSPS) is 10.5.